The van der Waals surface area contributed by atoms with Gasteiger partial charge < -0.3 is 15.6 Å². The van der Waals surface area contributed by atoms with E-state index in [1.54, 1.807) is 0 Å². The molecule has 1 fully saturated rings. The van der Waals surface area contributed by atoms with Gasteiger partial charge in [0.2, 0.25) is 5.91 Å². The van der Waals surface area contributed by atoms with Crippen LogP contribution in [0.2, 0.25) is 0 Å². The molecule has 0 aliphatic heterocycles. The molecule has 2 amide bonds. The minimum absolute atomic E-state index is 0.0970. The van der Waals surface area contributed by atoms with Gasteiger partial charge in [-0.15, -0.1) is 0 Å². The molecule has 0 spiro atoms. The molecule has 1 saturated carbocycles. The number of aryl methyl sites for hydroxylation is 2. The summed E-state index contributed by atoms with van der Waals surface area (Å²) in [5.41, 5.74) is 5.77. The third-order valence-corrected chi connectivity index (χ3v) is 5.54. The molecule has 144 valence electrons. The van der Waals surface area contributed by atoms with Crippen molar-refractivity contribution in [3.8, 4) is 0 Å². The van der Waals surface area contributed by atoms with E-state index < -0.39 is 0 Å². The maximum absolute atomic E-state index is 12.7. The van der Waals surface area contributed by atoms with Crippen molar-refractivity contribution in [1.82, 2.24) is 10.3 Å². The van der Waals surface area contributed by atoms with Crippen molar-refractivity contribution in [3.05, 3.63) is 64.8 Å². The number of amides is 2. The number of anilines is 1. The zero-order chi connectivity index (χ0) is 19.8. The van der Waals surface area contributed by atoms with Gasteiger partial charge in [0.05, 0.1) is 6.04 Å². The lowest BCUT2D eigenvalue weighted by molar-refractivity contribution is -0.117. The molecule has 1 atom stereocenters. The van der Waals surface area contributed by atoms with E-state index in [1.807, 2.05) is 56.3 Å². The van der Waals surface area contributed by atoms with E-state index in [0.29, 0.717) is 5.56 Å². The summed E-state index contributed by atoms with van der Waals surface area (Å²) in [4.78, 5) is 27.9. The van der Waals surface area contributed by atoms with E-state index in [4.69, 9.17) is 0 Å². The second-order valence-corrected chi connectivity index (χ2v) is 7.72. The van der Waals surface area contributed by atoms with Crippen LogP contribution in [0.1, 0.15) is 53.0 Å². The van der Waals surface area contributed by atoms with E-state index in [0.717, 1.165) is 40.7 Å². The Morgan fingerprint density at radius 1 is 1.07 bits per heavy atom. The molecule has 5 nitrogen and oxygen atoms in total. The van der Waals surface area contributed by atoms with E-state index in [2.05, 4.69) is 22.5 Å². The lowest BCUT2D eigenvalue weighted by Gasteiger charge is -2.15. The van der Waals surface area contributed by atoms with E-state index in [9.17, 15) is 9.59 Å². The third kappa shape index (κ3) is 3.65. The molecule has 5 heteroatoms. The van der Waals surface area contributed by atoms with Gasteiger partial charge in [-0.25, -0.2) is 0 Å². The Hall–Kier alpha value is -3.08. The van der Waals surface area contributed by atoms with Crippen LogP contribution in [-0.2, 0) is 4.79 Å². The minimum Gasteiger partial charge on any atom is -0.358 e. The summed E-state index contributed by atoms with van der Waals surface area (Å²) in [6.45, 7) is 6.05. The molecule has 1 heterocycles. The highest BCUT2D eigenvalue weighted by molar-refractivity contribution is 5.99. The Kier molecular flexibility index (Phi) is 4.67. The molecule has 1 aliphatic rings. The molecule has 1 unspecified atom stereocenters. The number of H-pyrrole nitrogens is 1. The predicted octanol–water partition coefficient (Wildman–Crippen LogP) is 4.62. The Morgan fingerprint density at radius 2 is 1.79 bits per heavy atom. The summed E-state index contributed by atoms with van der Waals surface area (Å²) in [5.74, 6) is 0.182. The monoisotopic (exact) mass is 375 g/mol. The average molecular weight is 375 g/mol. The highest BCUT2D eigenvalue weighted by atomic mass is 16.2. The van der Waals surface area contributed by atoms with Gasteiger partial charge in [0.1, 0.15) is 0 Å². The molecule has 1 aliphatic carbocycles. The minimum atomic E-state index is -0.134. The fourth-order valence-corrected chi connectivity index (χ4v) is 3.41. The number of hydrogen-bond acceptors (Lipinski definition) is 2. The zero-order valence-electron chi connectivity index (χ0n) is 16.4. The van der Waals surface area contributed by atoms with Crippen molar-refractivity contribution in [1.29, 1.82) is 0 Å². The first-order valence-electron chi connectivity index (χ1n) is 9.73. The molecular weight excluding hydrogens is 350 g/mol. The van der Waals surface area contributed by atoms with Crippen LogP contribution in [0.3, 0.4) is 0 Å². The van der Waals surface area contributed by atoms with Crippen LogP contribution < -0.4 is 10.6 Å². The van der Waals surface area contributed by atoms with Gasteiger partial charge in [-0.3, -0.25) is 9.59 Å². The molecule has 4 rings (SSSR count). The number of nitrogens with one attached hydrogen (secondary N) is 3. The van der Waals surface area contributed by atoms with Crippen LogP contribution in [0.15, 0.2) is 42.5 Å². The van der Waals surface area contributed by atoms with Crippen molar-refractivity contribution in [2.45, 2.75) is 39.7 Å². The summed E-state index contributed by atoms with van der Waals surface area (Å²) in [7, 11) is 0. The predicted molar refractivity (Wildman–Crippen MR) is 111 cm³/mol. The summed E-state index contributed by atoms with van der Waals surface area (Å²) in [6.07, 6.45) is 1.97. The number of rotatable bonds is 5. The molecule has 0 bridgehead atoms. The summed E-state index contributed by atoms with van der Waals surface area (Å²) < 4.78 is 0. The lowest BCUT2D eigenvalue weighted by Crippen LogP contribution is -2.26. The van der Waals surface area contributed by atoms with Crippen molar-refractivity contribution in [2.24, 2.45) is 5.92 Å². The Balaban J connectivity index is 1.43. The van der Waals surface area contributed by atoms with E-state index in [1.165, 1.54) is 5.56 Å². The number of benzene rings is 2. The van der Waals surface area contributed by atoms with Gasteiger partial charge in [0, 0.05) is 33.8 Å². The molecule has 3 N–H and O–H groups in total. The molecule has 1 aromatic heterocycles. The first-order chi connectivity index (χ1) is 13.4. The Morgan fingerprint density at radius 3 is 2.46 bits per heavy atom. The Bertz CT molecular complexity index is 1050. The molecule has 0 saturated heterocycles. The highest BCUT2D eigenvalue weighted by Crippen LogP contribution is 2.30. The average Bonchev–Trinajstić information content (AvgIpc) is 3.49. The Labute approximate surface area is 164 Å². The first-order valence-corrected chi connectivity index (χ1v) is 9.73. The van der Waals surface area contributed by atoms with Gasteiger partial charge in [-0.1, -0.05) is 12.1 Å². The maximum Gasteiger partial charge on any atom is 0.251 e. The zero-order valence-corrected chi connectivity index (χ0v) is 16.4. The molecular formula is C23H25N3O2. The summed E-state index contributed by atoms with van der Waals surface area (Å²) in [5, 5.41) is 7.06. The SMILES string of the molecule is Cc1[nH]c2ccc(C(=O)NC(C)c3ccc(NC(=O)C4CC4)cc3)cc2c1C. The lowest BCUT2D eigenvalue weighted by atomic mass is 10.1. The van der Waals surface area contributed by atoms with Crippen LogP contribution in [0, 0.1) is 19.8 Å². The fraction of sp³-hybridized carbons (Fsp3) is 0.304. The second kappa shape index (κ2) is 7.15. The van der Waals surface area contributed by atoms with Crippen LogP contribution >= 0.6 is 0 Å². The number of fused-ring (bicyclic) bond motifs is 1. The van der Waals surface area contributed by atoms with Gasteiger partial charge >= 0.3 is 0 Å². The van der Waals surface area contributed by atoms with E-state index in [-0.39, 0.29) is 23.8 Å². The van der Waals surface area contributed by atoms with Crippen molar-refractivity contribution < 1.29 is 9.59 Å². The number of carbonyl (C=O) groups excluding carboxylic acids is 2. The van der Waals surface area contributed by atoms with Crippen molar-refractivity contribution >= 4 is 28.4 Å². The number of aromatic amines is 1. The summed E-state index contributed by atoms with van der Waals surface area (Å²) in [6, 6.07) is 13.2. The third-order valence-electron chi connectivity index (χ3n) is 5.54. The number of carbonyl (C=O) groups is 2. The number of hydrogen-bond donors (Lipinski definition) is 3. The van der Waals surface area contributed by atoms with Crippen LogP contribution in [0.25, 0.3) is 10.9 Å². The molecule has 0 radical (unpaired) electrons. The maximum atomic E-state index is 12.7. The van der Waals surface area contributed by atoms with Crippen LogP contribution in [0.4, 0.5) is 5.69 Å². The van der Waals surface area contributed by atoms with Gasteiger partial charge in [-0.2, -0.15) is 0 Å². The van der Waals surface area contributed by atoms with Crippen molar-refractivity contribution in [2.75, 3.05) is 5.32 Å². The summed E-state index contributed by atoms with van der Waals surface area (Å²) >= 11 is 0. The number of aromatic nitrogens is 1. The molecule has 28 heavy (non-hydrogen) atoms. The van der Waals surface area contributed by atoms with Crippen molar-refractivity contribution in [3.63, 3.8) is 0 Å². The van der Waals surface area contributed by atoms with Gasteiger partial charge in [0.15, 0.2) is 0 Å². The van der Waals surface area contributed by atoms with E-state index >= 15 is 0 Å². The molecule has 3 aromatic rings. The quantitative estimate of drug-likeness (QED) is 0.608. The topological polar surface area (TPSA) is 74.0 Å². The first kappa shape index (κ1) is 18.3. The standard InChI is InChI=1S/C23H25N3O2/c1-13-14(2)24-21-11-8-18(12-20(13)21)23(28)25-15(3)16-6-9-19(10-7-16)26-22(27)17-4-5-17/h6-12,15,17,24H,4-5H2,1-3H3,(H,25,28)(H,26,27). The van der Waals surface area contributed by atoms with Gasteiger partial charge in [0.25, 0.3) is 5.91 Å². The highest BCUT2D eigenvalue weighted by Gasteiger charge is 2.29. The second-order valence-electron chi connectivity index (χ2n) is 7.72. The normalized spacial score (nSPS) is 14.7. The van der Waals surface area contributed by atoms with Crippen LogP contribution in [-0.4, -0.2) is 16.8 Å². The molecule has 2 aromatic carbocycles. The van der Waals surface area contributed by atoms with Gasteiger partial charge in [-0.05, 0) is 75.1 Å². The smallest absolute Gasteiger partial charge is 0.251 e. The van der Waals surface area contributed by atoms with Crippen LogP contribution in [0.5, 0.6) is 0 Å². The largest absolute Gasteiger partial charge is 0.358 e. The fourth-order valence-electron chi connectivity index (χ4n) is 3.41.